The van der Waals surface area contributed by atoms with E-state index in [1.54, 1.807) is 32.4 Å². The predicted octanol–water partition coefficient (Wildman–Crippen LogP) is 3.69. The average Bonchev–Trinajstić information content (AvgIpc) is 2.62. The fraction of sp³-hybridized carbons (Fsp3) is 0.350. The molecule has 0 amide bonds. The number of hydrogen-bond donors (Lipinski definition) is 2. The first-order valence-corrected chi connectivity index (χ1v) is 8.39. The van der Waals surface area contributed by atoms with Gasteiger partial charge in [-0.25, -0.2) is 0 Å². The highest BCUT2D eigenvalue weighted by molar-refractivity contribution is 5.73. The number of aliphatic carboxylic acids is 1. The van der Waals surface area contributed by atoms with Gasteiger partial charge in [0.05, 0.1) is 14.2 Å². The van der Waals surface area contributed by atoms with E-state index in [1.165, 1.54) is 0 Å². The molecular weight excluding hydrogens is 334 g/mol. The van der Waals surface area contributed by atoms with Gasteiger partial charge in [-0.1, -0.05) is 26.0 Å². The lowest BCUT2D eigenvalue weighted by molar-refractivity contribution is -0.140. The molecule has 1 atom stereocenters. The molecule has 2 aromatic rings. The fourth-order valence-corrected chi connectivity index (χ4v) is 2.49. The van der Waals surface area contributed by atoms with Gasteiger partial charge in [0.25, 0.3) is 0 Å². The Labute approximate surface area is 153 Å². The van der Waals surface area contributed by atoms with Gasteiger partial charge in [-0.15, -0.1) is 0 Å². The summed E-state index contributed by atoms with van der Waals surface area (Å²) in [7, 11) is 3.17. The van der Waals surface area contributed by atoms with E-state index in [1.807, 2.05) is 38.1 Å². The molecule has 26 heavy (non-hydrogen) atoms. The van der Waals surface area contributed by atoms with Crippen molar-refractivity contribution in [2.75, 3.05) is 14.2 Å². The molecule has 0 aromatic heterocycles. The Balaban J connectivity index is 2.02. The first-order chi connectivity index (χ1) is 12.4. The smallest absolute Gasteiger partial charge is 0.320 e. The number of carboxylic acids is 1. The maximum absolute atomic E-state index is 11.2. The Kier molecular flexibility index (Phi) is 6.86. The number of carboxylic acid groups (broad SMARTS) is 1. The summed E-state index contributed by atoms with van der Waals surface area (Å²) in [6.07, 6.45) is 0. The second kappa shape index (κ2) is 9.10. The van der Waals surface area contributed by atoms with E-state index in [9.17, 15) is 9.90 Å². The van der Waals surface area contributed by atoms with Crippen LogP contribution in [0.5, 0.6) is 23.0 Å². The number of rotatable bonds is 9. The van der Waals surface area contributed by atoms with E-state index in [2.05, 4.69) is 5.32 Å². The van der Waals surface area contributed by atoms with E-state index in [0.29, 0.717) is 29.5 Å². The maximum atomic E-state index is 11.2. The number of nitrogens with one attached hydrogen (secondary N) is 1. The molecule has 0 aliphatic carbocycles. The van der Waals surface area contributed by atoms with Gasteiger partial charge >= 0.3 is 5.97 Å². The van der Waals surface area contributed by atoms with Crippen LogP contribution in [0, 0.1) is 5.92 Å². The van der Waals surface area contributed by atoms with Crippen molar-refractivity contribution in [2.24, 2.45) is 5.92 Å². The summed E-state index contributed by atoms with van der Waals surface area (Å²) < 4.78 is 16.3. The van der Waals surface area contributed by atoms with Crippen LogP contribution in [0.15, 0.2) is 42.5 Å². The highest BCUT2D eigenvalue weighted by Crippen LogP contribution is 2.30. The molecule has 140 valence electrons. The van der Waals surface area contributed by atoms with Crippen LogP contribution in [-0.4, -0.2) is 31.3 Å². The van der Waals surface area contributed by atoms with Crippen LogP contribution in [0.25, 0.3) is 0 Å². The molecule has 0 saturated carbocycles. The van der Waals surface area contributed by atoms with Gasteiger partial charge in [0.2, 0.25) is 0 Å². The minimum atomic E-state index is -0.841. The fourth-order valence-electron chi connectivity index (χ4n) is 2.49. The Bertz CT molecular complexity index is 705. The van der Waals surface area contributed by atoms with E-state index in [-0.39, 0.29) is 5.92 Å². The predicted molar refractivity (Wildman–Crippen MR) is 99.2 cm³/mol. The first kappa shape index (κ1) is 19.6. The lowest BCUT2D eigenvalue weighted by Crippen LogP contribution is -2.40. The van der Waals surface area contributed by atoms with Crippen LogP contribution in [-0.2, 0) is 11.3 Å². The van der Waals surface area contributed by atoms with Gasteiger partial charge in [0.15, 0.2) is 0 Å². The summed E-state index contributed by atoms with van der Waals surface area (Å²) in [5.74, 6) is 1.74. The largest absolute Gasteiger partial charge is 0.496 e. The average molecular weight is 359 g/mol. The Morgan fingerprint density at radius 1 is 0.962 bits per heavy atom. The molecule has 2 aromatic carbocycles. The van der Waals surface area contributed by atoms with Crippen molar-refractivity contribution in [3.8, 4) is 23.0 Å². The van der Waals surface area contributed by atoms with Crippen molar-refractivity contribution in [3.05, 3.63) is 48.0 Å². The number of carbonyl (C=O) groups is 1. The van der Waals surface area contributed by atoms with Crippen molar-refractivity contribution in [2.45, 2.75) is 26.4 Å². The normalized spacial score (nSPS) is 11.9. The van der Waals surface area contributed by atoms with Gasteiger partial charge in [0, 0.05) is 24.7 Å². The van der Waals surface area contributed by atoms with Crippen LogP contribution in [0.1, 0.15) is 19.4 Å². The second-order valence-electron chi connectivity index (χ2n) is 6.24. The molecule has 6 heteroatoms. The first-order valence-electron chi connectivity index (χ1n) is 8.39. The summed E-state index contributed by atoms with van der Waals surface area (Å²) in [5, 5.41) is 12.3. The standard InChI is InChI=1S/C20H25NO5/c1-13(2)19(20(22)23)21-12-14-5-7-15(8-6-14)26-18-10-16(24-3)9-17(11-18)25-4/h5-11,13,19,21H,12H2,1-4H3,(H,22,23)/t19-/m1/s1. The van der Waals surface area contributed by atoms with Crippen molar-refractivity contribution in [1.82, 2.24) is 5.32 Å². The van der Waals surface area contributed by atoms with E-state index in [0.717, 1.165) is 5.56 Å². The lowest BCUT2D eigenvalue weighted by atomic mass is 10.0. The number of methoxy groups -OCH3 is 2. The molecule has 0 fully saturated rings. The molecule has 2 rings (SSSR count). The Morgan fingerprint density at radius 2 is 1.50 bits per heavy atom. The summed E-state index contributed by atoms with van der Waals surface area (Å²) in [4.78, 5) is 11.2. The number of ether oxygens (including phenoxy) is 3. The minimum absolute atomic E-state index is 0.0122. The van der Waals surface area contributed by atoms with Crippen LogP contribution in [0.4, 0.5) is 0 Å². The van der Waals surface area contributed by atoms with Crippen LogP contribution in [0.2, 0.25) is 0 Å². The van der Waals surface area contributed by atoms with Gasteiger partial charge in [0.1, 0.15) is 29.0 Å². The highest BCUT2D eigenvalue weighted by Gasteiger charge is 2.20. The van der Waals surface area contributed by atoms with Crippen LogP contribution in [0.3, 0.4) is 0 Å². The van der Waals surface area contributed by atoms with E-state index in [4.69, 9.17) is 14.2 Å². The SMILES string of the molecule is COc1cc(OC)cc(Oc2ccc(CN[C@@H](C(=O)O)C(C)C)cc2)c1. The molecule has 0 spiro atoms. The summed E-state index contributed by atoms with van der Waals surface area (Å²) >= 11 is 0. The van der Waals surface area contributed by atoms with Crippen molar-refractivity contribution >= 4 is 5.97 Å². The molecule has 6 nitrogen and oxygen atoms in total. The molecule has 2 N–H and O–H groups in total. The van der Waals surface area contributed by atoms with Crippen LogP contribution >= 0.6 is 0 Å². The topological polar surface area (TPSA) is 77.0 Å². The van der Waals surface area contributed by atoms with Crippen molar-refractivity contribution < 1.29 is 24.1 Å². The van der Waals surface area contributed by atoms with Crippen LogP contribution < -0.4 is 19.5 Å². The molecule has 0 radical (unpaired) electrons. The summed E-state index contributed by atoms with van der Waals surface area (Å²) in [6.45, 7) is 4.23. The van der Waals surface area contributed by atoms with Gasteiger partial charge in [-0.05, 0) is 23.6 Å². The molecule has 0 saturated heterocycles. The monoisotopic (exact) mass is 359 g/mol. The molecule has 0 bridgehead atoms. The number of hydrogen-bond acceptors (Lipinski definition) is 5. The molecule has 0 heterocycles. The minimum Gasteiger partial charge on any atom is -0.496 e. The van der Waals surface area contributed by atoms with Crippen molar-refractivity contribution in [1.29, 1.82) is 0 Å². The lowest BCUT2D eigenvalue weighted by Gasteiger charge is -2.18. The zero-order valence-corrected chi connectivity index (χ0v) is 15.5. The van der Waals surface area contributed by atoms with Crippen molar-refractivity contribution in [3.63, 3.8) is 0 Å². The van der Waals surface area contributed by atoms with Gasteiger partial charge < -0.3 is 24.6 Å². The molecule has 0 aliphatic rings. The van der Waals surface area contributed by atoms with Gasteiger partial charge in [-0.2, -0.15) is 0 Å². The summed E-state index contributed by atoms with van der Waals surface area (Å²) in [5.41, 5.74) is 0.979. The second-order valence-corrected chi connectivity index (χ2v) is 6.24. The third kappa shape index (κ3) is 5.39. The Morgan fingerprint density at radius 3 is 1.96 bits per heavy atom. The maximum Gasteiger partial charge on any atom is 0.320 e. The zero-order valence-electron chi connectivity index (χ0n) is 15.5. The third-order valence-electron chi connectivity index (χ3n) is 3.94. The van der Waals surface area contributed by atoms with E-state index < -0.39 is 12.0 Å². The molecule has 0 unspecified atom stereocenters. The quantitative estimate of drug-likeness (QED) is 0.711. The highest BCUT2D eigenvalue weighted by atomic mass is 16.5. The summed E-state index contributed by atoms with van der Waals surface area (Å²) in [6, 6.07) is 12.2. The van der Waals surface area contributed by atoms with Gasteiger partial charge in [-0.3, -0.25) is 4.79 Å². The third-order valence-corrected chi connectivity index (χ3v) is 3.94. The molecule has 0 aliphatic heterocycles. The zero-order chi connectivity index (χ0) is 19.1. The van der Waals surface area contributed by atoms with E-state index >= 15 is 0 Å². The number of benzene rings is 2. The Hall–Kier alpha value is -2.73. The molecular formula is C20H25NO5.